The van der Waals surface area contributed by atoms with Crippen LogP contribution < -0.4 is 14.2 Å². The maximum atomic E-state index is 8.99. The van der Waals surface area contributed by atoms with E-state index >= 15 is 0 Å². The standard InChI is InChI=1S/C18H18ClNO3/c1-3-21-17-11-14(12-20)10-15(19)18(17)23-9-8-22-16-7-5-4-6-13(16)2/h4-7,10-11H,3,8-9H2,1-2H3. The van der Waals surface area contributed by atoms with Crippen LogP contribution in [-0.2, 0) is 0 Å². The molecule has 0 aliphatic carbocycles. The number of benzene rings is 2. The molecule has 0 fully saturated rings. The summed E-state index contributed by atoms with van der Waals surface area (Å²) >= 11 is 6.17. The first-order valence-corrected chi connectivity index (χ1v) is 7.71. The maximum absolute atomic E-state index is 8.99. The van der Waals surface area contributed by atoms with Crippen LogP contribution in [0.25, 0.3) is 0 Å². The summed E-state index contributed by atoms with van der Waals surface area (Å²) in [5.41, 5.74) is 1.50. The molecule has 0 amide bonds. The van der Waals surface area contributed by atoms with Crippen LogP contribution in [0.15, 0.2) is 36.4 Å². The van der Waals surface area contributed by atoms with Crippen molar-refractivity contribution in [3.05, 3.63) is 52.5 Å². The third-order valence-electron chi connectivity index (χ3n) is 3.12. The average Bonchev–Trinajstić information content (AvgIpc) is 2.55. The van der Waals surface area contributed by atoms with E-state index in [9.17, 15) is 0 Å². The van der Waals surface area contributed by atoms with E-state index in [4.69, 9.17) is 31.1 Å². The van der Waals surface area contributed by atoms with E-state index in [1.807, 2.05) is 44.2 Å². The van der Waals surface area contributed by atoms with Crippen molar-refractivity contribution >= 4 is 11.6 Å². The van der Waals surface area contributed by atoms with Gasteiger partial charge in [-0.25, -0.2) is 0 Å². The van der Waals surface area contributed by atoms with E-state index in [1.54, 1.807) is 12.1 Å². The van der Waals surface area contributed by atoms with Gasteiger partial charge in [0, 0.05) is 6.07 Å². The second kappa shape index (κ2) is 8.30. The fraction of sp³-hybridized carbons (Fsp3) is 0.278. The zero-order valence-electron chi connectivity index (χ0n) is 13.1. The molecular weight excluding hydrogens is 314 g/mol. The highest BCUT2D eigenvalue weighted by Gasteiger charge is 2.12. The quantitative estimate of drug-likeness (QED) is 0.707. The Morgan fingerprint density at radius 1 is 1.04 bits per heavy atom. The minimum Gasteiger partial charge on any atom is -0.490 e. The lowest BCUT2D eigenvalue weighted by molar-refractivity contribution is 0.208. The molecule has 0 saturated carbocycles. The lowest BCUT2D eigenvalue weighted by Gasteiger charge is -2.14. The van der Waals surface area contributed by atoms with Crippen molar-refractivity contribution in [3.63, 3.8) is 0 Å². The molecule has 0 spiro atoms. The van der Waals surface area contributed by atoms with Crippen LogP contribution in [0.1, 0.15) is 18.1 Å². The molecular formula is C18H18ClNO3. The summed E-state index contributed by atoms with van der Waals surface area (Å²) in [5, 5.41) is 9.34. The minimum absolute atomic E-state index is 0.319. The Labute approximate surface area is 141 Å². The first-order valence-electron chi connectivity index (χ1n) is 7.33. The molecule has 0 atom stereocenters. The lowest BCUT2D eigenvalue weighted by Crippen LogP contribution is -2.10. The number of hydrogen-bond acceptors (Lipinski definition) is 4. The van der Waals surface area contributed by atoms with Gasteiger partial charge in [0.1, 0.15) is 19.0 Å². The highest BCUT2D eigenvalue weighted by atomic mass is 35.5. The summed E-state index contributed by atoms with van der Waals surface area (Å²) < 4.78 is 16.9. The van der Waals surface area contributed by atoms with E-state index in [2.05, 4.69) is 0 Å². The van der Waals surface area contributed by atoms with E-state index in [0.29, 0.717) is 41.9 Å². The molecule has 0 radical (unpaired) electrons. The van der Waals surface area contributed by atoms with Gasteiger partial charge in [-0.1, -0.05) is 29.8 Å². The number of nitriles is 1. The number of para-hydroxylation sites is 1. The van der Waals surface area contributed by atoms with Gasteiger partial charge in [0.25, 0.3) is 0 Å². The Morgan fingerprint density at radius 3 is 2.48 bits per heavy atom. The molecule has 0 heterocycles. The van der Waals surface area contributed by atoms with E-state index in [0.717, 1.165) is 11.3 Å². The smallest absolute Gasteiger partial charge is 0.179 e. The number of ether oxygens (including phenoxy) is 3. The second-order valence-corrected chi connectivity index (χ2v) is 5.20. The fourth-order valence-electron chi connectivity index (χ4n) is 2.05. The Kier molecular flexibility index (Phi) is 6.13. The third-order valence-corrected chi connectivity index (χ3v) is 3.40. The third kappa shape index (κ3) is 4.54. The molecule has 0 N–H and O–H groups in total. The monoisotopic (exact) mass is 331 g/mol. The minimum atomic E-state index is 0.319. The van der Waals surface area contributed by atoms with Crippen molar-refractivity contribution in [1.29, 1.82) is 5.26 Å². The highest BCUT2D eigenvalue weighted by molar-refractivity contribution is 6.32. The summed E-state index contributed by atoms with van der Waals surface area (Å²) in [7, 11) is 0. The van der Waals surface area contributed by atoms with Crippen LogP contribution in [-0.4, -0.2) is 19.8 Å². The lowest BCUT2D eigenvalue weighted by atomic mass is 10.2. The van der Waals surface area contributed by atoms with Crippen molar-refractivity contribution in [3.8, 4) is 23.3 Å². The Balaban J connectivity index is 2.00. The summed E-state index contributed by atoms with van der Waals surface area (Å²) in [6.07, 6.45) is 0. The first-order chi connectivity index (χ1) is 11.2. The van der Waals surface area contributed by atoms with Gasteiger partial charge in [-0.2, -0.15) is 5.26 Å². The molecule has 4 nitrogen and oxygen atoms in total. The molecule has 0 saturated heterocycles. The van der Waals surface area contributed by atoms with Crippen LogP contribution in [0.3, 0.4) is 0 Å². The molecule has 23 heavy (non-hydrogen) atoms. The summed E-state index contributed by atoms with van der Waals surface area (Å²) in [4.78, 5) is 0. The SMILES string of the molecule is CCOc1cc(C#N)cc(Cl)c1OCCOc1ccccc1C. The molecule has 0 unspecified atom stereocenters. The van der Waals surface area contributed by atoms with Gasteiger partial charge in [0.15, 0.2) is 11.5 Å². The number of nitrogens with zero attached hydrogens (tertiary/aromatic N) is 1. The predicted molar refractivity (Wildman–Crippen MR) is 89.5 cm³/mol. The van der Waals surface area contributed by atoms with Crippen molar-refractivity contribution < 1.29 is 14.2 Å². The zero-order chi connectivity index (χ0) is 16.7. The van der Waals surface area contributed by atoms with Gasteiger partial charge in [0.05, 0.1) is 23.3 Å². The number of rotatable bonds is 7. The maximum Gasteiger partial charge on any atom is 0.179 e. The van der Waals surface area contributed by atoms with Crippen LogP contribution >= 0.6 is 11.6 Å². The van der Waals surface area contributed by atoms with Crippen molar-refractivity contribution in [1.82, 2.24) is 0 Å². The van der Waals surface area contributed by atoms with Crippen molar-refractivity contribution in [2.45, 2.75) is 13.8 Å². The van der Waals surface area contributed by atoms with E-state index in [-0.39, 0.29) is 0 Å². The average molecular weight is 332 g/mol. The Bertz CT molecular complexity index is 710. The molecule has 2 rings (SSSR count). The van der Waals surface area contributed by atoms with E-state index < -0.39 is 0 Å². The summed E-state index contributed by atoms with van der Waals surface area (Å²) in [5.74, 6) is 1.72. The molecule has 0 aliphatic heterocycles. The van der Waals surface area contributed by atoms with Crippen LogP contribution in [0.5, 0.6) is 17.2 Å². The molecule has 0 aromatic heterocycles. The van der Waals surface area contributed by atoms with Crippen molar-refractivity contribution in [2.24, 2.45) is 0 Å². The number of halogens is 1. The summed E-state index contributed by atoms with van der Waals surface area (Å²) in [6.45, 7) is 5.01. The first kappa shape index (κ1) is 17.0. The Morgan fingerprint density at radius 2 is 1.78 bits per heavy atom. The van der Waals surface area contributed by atoms with Gasteiger partial charge < -0.3 is 14.2 Å². The largest absolute Gasteiger partial charge is 0.490 e. The topological polar surface area (TPSA) is 51.5 Å². The van der Waals surface area contributed by atoms with Crippen LogP contribution in [0, 0.1) is 18.3 Å². The van der Waals surface area contributed by atoms with Gasteiger partial charge in [-0.3, -0.25) is 0 Å². The fourth-order valence-corrected chi connectivity index (χ4v) is 2.31. The predicted octanol–water partition coefficient (Wildman–Crippen LogP) is 4.38. The molecule has 120 valence electrons. The highest BCUT2D eigenvalue weighted by Crippen LogP contribution is 2.36. The molecule has 2 aromatic rings. The van der Waals surface area contributed by atoms with Gasteiger partial charge in [0.2, 0.25) is 0 Å². The number of aryl methyl sites for hydroxylation is 1. The molecule has 0 aliphatic rings. The normalized spacial score (nSPS) is 10.0. The van der Waals surface area contributed by atoms with Gasteiger partial charge in [-0.15, -0.1) is 0 Å². The molecule has 0 bridgehead atoms. The van der Waals surface area contributed by atoms with E-state index in [1.165, 1.54) is 0 Å². The van der Waals surface area contributed by atoms with Crippen LogP contribution in [0.4, 0.5) is 0 Å². The second-order valence-electron chi connectivity index (χ2n) is 4.79. The molecule has 2 aromatic carbocycles. The van der Waals surface area contributed by atoms with Crippen molar-refractivity contribution in [2.75, 3.05) is 19.8 Å². The summed E-state index contributed by atoms with van der Waals surface area (Å²) in [6, 6.07) is 13.0. The number of hydrogen-bond donors (Lipinski definition) is 0. The van der Waals surface area contributed by atoms with Gasteiger partial charge >= 0.3 is 0 Å². The Hall–Kier alpha value is -2.38. The molecule has 5 heteroatoms. The zero-order valence-corrected chi connectivity index (χ0v) is 13.9. The van der Waals surface area contributed by atoms with Crippen LogP contribution in [0.2, 0.25) is 5.02 Å². The van der Waals surface area contributed by atoms with Gasteiger partial charge in [-0.05, 0) is 31.5 Å².